The average molecular weight is 494 g/mol. The molecule has 1 saturated heterocycles. The molecule has 2 aliphatic carbocycles. The minimum Gasteiger partial charge on any atom is -0.480 e. The SMILES string of the molecule is COc1ncccc1C(=O)NCCC1CCN(S(=O)(=O)NC(=O)NCC2CC3CCC2C3)CC1. The van der Waals surface area contributed by atoms with E-state index in [1.807, 2.05) is 0 Å². The van der Waals surface area contributed by atoms with Gasteiger partial charge in [-0.15, -0.1) is 0 Å². The van der Waals surface area contributed by atoms with Crippen LogP contribution < -0.4 is 20.1 Å². The van der Waals surface area contributed by atoms with Crippen LogP contribution in [0.1, 0.15) is 55.3 Å². The summed E-state index contributed by atoms with van der Waals surface area (Å²) in [5.74, 6) is 2.28. The molecule has 1 aliphatic heterocycles. The molecule has 3 amide bonds. The van der Waals surface area contributed by atoms with Crippen molar-refractivity contribution < 1.29 is 22.7 Å². The van der Waals surface area contributed by atoms with Gasteiger partial charge in [-0.2, -0.15) is 12.7 Å². The van der Waals surface area contributed by atoms with E-state index in [9.17, 15) is 18.0 Å². The third kappa shape index (κ3) is 5.99. The van der Waals surface area contributed by atoms with Crippen LogP contribution in [0.3, 0.4) is 0 Å². The van der Waals surface area contributed by atoms with E-state index in [4.69, 9.17) is 4.74 Å². The summed E-state index contributed by atoms with van der Waals surface area (Å²) in [7, 11) is -2.39. The molecule has 34 heavy (non-hydrogen) atoms. The van der Waals surface area contributed by atoms with Gasteiger partial charge in [0.1, 0.15) is 5.56 Å². The lowest BCUT2D eigenvalue weighted by Crippen LogP contribution is -2.50. The van der Waals surface area contributed by atoms with Gasteiger partial charge >= 0.3 is 16.2 Å². The average Bonchev–Trinajstić information content (AvgIpc) is 3.46. The first kappa shape index (κ1) is 24.7. The Kier molecular flexibility index (Phi) is 7.92. The number of methoxy groups -OCH3 is 1. The molecular weight excluding hydrogens is 458 g/mol. The molecule has 3 N–H and O–H groups in total. The third-order valence-electron chi connectivity index (χ3n) is 7.59. The molecule has 1 aromatic rings. The van der Waals surface area contributed by atoms with Crippen LogP contribution in [0, 0.1) is 23.7 Å². The van der Waals surface area contributed by atoms with Crippen LogP contribution in [0.2, 0.25) is 0 Å². The first-order valence-electron chi connectivity index (χ1n) is 12.2. The minimum atomic E-state index is -3.86. The number of aromatic nitrogens is 1. The van der Waals surface area contributed by atoms with Crippen LogP contribution in [0.15, 0.2) is 18.3 Å². The fourth-order valence-corrected chi connectivity index (χ4v) is 6.84. The van der Waals surface area contributed by atoms with Crippen LogP contribution in [-0.4, -0.2) is 62.9 Å². The summed E-state index contributed by atoms with van der Waals surface area (Å²) in [6.45, 7) is 1.73. The van der Waals surface area contributed by atoms with E-state index in [0.29, 0.717) is 62.3 Å². The van der Waals surface area contributed by atoms with Gasteiger partial charge in [0.25, 0.3) is 5.91 Å². The number of hydrogen-bond acceptors (Lipinski definition) is 6. The van der Waals surface area contributed by atoms with Crippen molar-refractivity contribution >= 4 is 22.1 Å². The summed E-state index contributed by atoms with van der Waals surface area (Å²) >= 11 is 0. The fourth-order valence-electron chi connectivity index (χ4n) is 5.72. The maximum Gasteiger partial charge on any atom is 0.329 e. The van der Waals surface area contributed by atoms with E-state index < -0.39 is 16.2 Å². The maximum atomic E-state index is 12.6. The lowest BCUT2D eigenvalue weighted by Gasteiger charge is -2.31. The van der Waals surface area contributed by atoms with E-state index in [0.717, 1.165) is 18.8 Å². The van der Waals surface area contributed by atoms with Gasteiger partial charge in [-0.25, -0.2) is 14.5 Å². The Balaban J connectivity index is 1.15. The largest absolute Gasteiger partial charge is 0.480 e. The molecule has 0 radical (unpaired) electrons. The Labute approximate surface area is 201 Å². The van der Waals surface area contributed by atoms with Crippen molar-refractivity contribution in [1.29, 1.82) is 0 Å². The van der Waals surface area contributed by atoms with Gasteiger partial charge in [-0.05, 0) is 74.3 Å². The molecular formula is C23H35N5O5S. The van der Waals surface area contributed by atoms with E-state index in [2.05, 4.69) is 20.3 Å². The number of nitrogens with zero attached hydrogens (tertiary/aromatic N) is 2. The van der Waals surface area contributed by atoms with Gasteiger partial charge in [-0.3, -0.25) is 4.79 Å². The van der Waals surface area contributed by atoms with Gasteiger partial charge in [0, 0.05) is 32.4 Å². The second kappa shape index (κ2) is 10.9. The van der Waals surface area contributed by atoms with Crippen molar-refractivity contribution in [2.24, 2.45) is 23.7 Å². The summed E-state index contributed by atoms with van der Waals surface area (Å²) in [6, 6.07) is 2.70. The number of amides is 3. The number of piperidine rings is 1. The number of nitrogens with one attached hydrogen (secondary N) is 3. The molecule has 188 valence electrons. The van der Waals surface area contributed by atoms with Crippen molar-refractivity contribution in [3.8, 4) is 5.88 Å². The first-order valence-corrected chi connectivity index (χ1v) is 13.6. The number of carbonyl (C=O) groups excluding carboxylic acids is 2. The van der Waals surface area contributed by atoms with E-state index in [1.54, 1.807) is 18.3 Å². The molecule has 3 atom stereocenters. The summed E-state index contributed by atoms with van der Waals surface area (Å²) < 4.78 is 33.9. The smallest absolute Gasteiger partial charge is 0.329 e. The van der Waals surface area contributed by atoms with E-state index >= 15 is 0 Å². The van der Waals surface area contributed by atoms with Crippen molar-refractivity contribution in [3.63, 3.8) is 0 Å². The molecule has 3 unspecified atom stereocenters. The second-order valence-corrected chi connectivity index (χ2v) is 11.4. The number of rotatable bonds is 9. The number of urea groups is 1. The van der Waals surface area contributed by atoms with Gasteiger partial charge in [0.05, 0.1) is 7.11 Å². The van der Waals surface area contributed by atoms with Gasteiger partial charge in [0.2, 0.25) is 5.88 Å². The standard InChI is InChI=1S/C23H35N5O5S/c1-33-22-20(3-2-9-25-22)21(29)24-10-6-16-7-11-28(12-8-16)34(31,32)27-23(30)26-15-19-14-17-4-5-18(19)13-17/h2-3,9,16-19H,4-8,10-15H2,1H3,(H,24,29)(H2,26,27,30). The lowest BCUT2D eigenvalue weighted by molar-refractivity contribution is 0.0946. The molecule has 4 rings (SSSR count). The van der Waals surface area contributed by atoms with Gasteiger partial charge < -0.3 is 15.4 Å². The van der Waals surface area contributed by atoms with Crippen LogP contribution in [0.5, 0.6) is 5.88 Å². The number of hydrogen-bond donors (Lipinski definition) is 3. The second-order valence-electron chi connectivity index (χ2n) is 9.70. The molecule has 10 nitrogen and oxygen atoms in total. The zero-order valence-electron chi connectivity index (χ0n) is 19.7. The highest BCUT2D eigenvalue weighted by Crippen LogP contribution is 2.47. The van der Waals surface area contributed by atoms with Crippen molar-refractivity contribution in [1.82, 2.24) is 24.6 Å². The minimum absolute atomic E-state index is 0.245. The summed E-state index contributed by atoms with van der Waals surface area (Å²) in [4.78, 5) is 28.6. The van der Waals surface area contributed by atoms with Gasteiger partial charge in [0.15, 0.2) is 0 Å². The molecule has 2 bridgehead atoms. The predicted molar refractivity (Wildman–Crippen MR) is 126 cm³/mol. The van der Waals surface area contributed by atoms with Crippen LogP contribution >= 0.6 is 0 Å². The van der Waals surface area contributed by atoms with E-state index in [-0.39, 0.29) is 11.8 Å². The zero-order valence-corrected chi connectivity index (χ0v) is 20.5. The Morgan fingerprint density at radius 2 is 1.94 bits per heavy atom. The fraction of sp³-hybridized carbons (Fsp3) is 0.696. The Morgan fingerprint density at radius 3 is 2.62 bits per heavy atom. The zero-order chi connectivity index (χ0) is 24.1. The quantitative estimate of drug-likeness (QED) is 0.482. The van der Waals surface area contributed by atoms with Crippen LogP contribution in [0.25, 0.3) is 0 Å². The summed E-state index contributed by atoms with van der Waals surface area (Å²) in [5.41, 5.74) is 0.385. The van der Waals surface area contributed by atoms with E-state index in [1.165, 1.54) is 30.7 Å². The molecule has 11 heteroatoms. The first-order chi connectivity index (χ1) is 16.4. The maximum absolute atomic E-state index is 12.6. The van der Waals surface area contributed by atoms with Crippen LogP contribution in [0.4, 0.5) is 4.79 Å². The molecule has 2 heterocycles. The Hall–Kier alpha value is -2.40. The number of fused-ring (bicyclic) bond motifs is 2. The van der Waals surface area contributed by atoms with Gasteiger partial charge in [-0.1, -0.05) is 6.42 Å². The molecule has 3 fully saturated rings. The number of ether oxygens (including phenoxy) is 1. The topological polar surface area (TPSA) is 130 Å². The monoisotopic (exact) mass is 493 g/mol. The van der Waals surface area contributed by atoms with Crippen LogP contribution in [-0.2, 0) is 10.2 Å². The molecule has 0 aromatic carbocycles. The molecule has 1 aromatic heterocycles. The van der Waals surface area contributed by atoms with Crippen molar-refractivity contribution in [3.05, 3.63) is 23.9 Å². The third-order valence-corrected chi connectivity index (χ3v) is 9.08. The Morgan fingerprint density at radius 1 is 1.15 bits per heavy atom. The number of pyridine rings is 1. The highest BCUT2D eigenvalue weighted by atomic mass is 32.2. The summed E-state index contributed by atoms with van der Waals surface area (Å²) in [6.07, 6.45) is 8.59. The highest BCUT2D eigenvalue weighted by molar-refractivity contribution is 7.87. The highest BCUT2D eigenvalue weighted by Gasteiger charge is 2.39. The normalized spacial score (nSPS) is 25.1. The van der Waals surface area contributed by atoms with Crippen molar-refractivity contribution in [2.45, 2.75) is 44.9 Å². The Bertz CT molecular complexity index is 980. The molecule has 3 aliphatic rings. The van der Waals surface area contributed by atoms with Crippen molar-refractivity contribution in [2.75, 3.05) is 33.3 Å². The lowest BCUT2D eigenvalue weighted by atomic mass is 9.89. The number of carbonyl (C=O) groups is 2. The predicted octanol–water partition coefficient (Wildman–Crippen LogP) is 1.90. The molecule has 2 saturated carbocycles. The molecule has 0 spiro atoms. The summed E-state index contributed by atoms with van der Waals surface area (Å²) in [5, 5.41) is 5.64.